The highest BCUT2D eigenvalue weighted by molar-refractivity contribution is 7.89. The maximum Gasteiger partial charge on any atom is 0.248 e. The number of hydrogen-bond donors (Lipinski definition) is 0. The molecule has 2 saturated heterocycles. The molecule has 1 amide bonds. The number of aromatic nitrogens is 1. The van der Waals surface area contributed by atoms with Crippen LogP contribution in [0.15, 0.2) is 33.7 Å². The number of piperazine rings is 1. The van der Waals surface area contributed by atoms with Crippen LogP contribution in [0.1, 0.15) is 48.8 Å². The summed E-state index contributed by atoms with van der Waals surface area (Å²) in [5.74, 6) is -0.0332. The fourth-order valence-corrected chi connectivity index (χ4v) is 6.68. The van der Waals surface area contributed by atoms with Crippen molar-refractivity contribution in [1.29, 1.82) is 0 Å². The van der Waals surface area contributed by atoms with Gasteiger partial charge in [0.05, 0.1) is 5.92 Å². The van der Waals surface area contributed by atoms with Gasteiger partial charge in [-0.2, -0.15) is 4.31 Å². The number of amides is 1. The highest BCUT2D eigenvalue weighted by Gasteiger charge is 2.38. The molecular formula is C26H36N4O4S. The number of carbonyl (C=O) groups excluding carboxylic acids is 1. The van der Waals surface area contributed by atoms with Gasteiger partial charge in [-0.1, -0.05) is 48.0 Å². The molecule has 3 heterocycles. The van der Waals surface area contributed by atoms with Crippen molar-refractivity contribution in [2.75, 3.05) is 45.8 Å². The second kappa shape index (κ2) is 11.1. The van der Waals surface area contributed by atoms with Crippen LogP contribution in [0.4, 0.5) is 0 Å². The minimum absolute atomic E-state index is 0.0718. The molecule has 0 unspecified atom stereocenters. The number of hydrogen-bond acceptors (Lipinski definition) is 6. The van der Waals surface area contributed by atoms with E-state index in [2.05, 4.69) is 17.0 Å². The van der Waals surface area contributed by atoms with E-state index in [0.29, 0.717) is 38.2 Å². The average molecular weight is 501 g/mol. The zero-order valence-electron chi connectivity index (χ0n) is 20.9. The number of carbonyl (C=O) groups is 1. The molecule has 2 aliphatic rings. The molecule has 8 nitrogen and oxygen atoms in total. The van der Waals surface area contributed by atoms with Crippen LogP contribution in [0.25, 0.3) is 12.2 Å². The first kappa shape index (κ1) is 25.6. The smallest absolute Gasteiger partial charge is 0.248 e. The molecule has 0 radical (unpaired) electrons. The van der Waals surface area contributed by atoms with Crippen molar-refractivity contribution in [2.45, 2.75) is 44.9 Å². The second-order valence-electron chi connectivity index (χ2n) is 9.57. The van der Waals surface area contributed by atoms with Gasteiger partial charge in [0.25, 0.3) is 0 Å². The van der Waals surface area contributed by atoms with Gasteiger partial charge in [0.2, 0.25) is 15.9 Å². The Bertz CT molecular complexity index is 1150. The van der Waals surface area contributed by atoms with E-state index in [1.54, 1.807) is 13.0 Å². The predicted molar refractivity (Wildman–Crippen MR) is 136 cm³/mol. The molecule has 9 heteroatoms. The van der Waals surface area contributed by atoms with Gasteiger partial charge in [0, 0.05) is 39.3 Å². The molecule has 2 aromatic rings. The van der Waals surface area contributed by atoms with Crippen LogP contribution in [-0.2, 0) is 14.8 Å². The lowest BCUT2D eigenvalue weighted by molar-refractivity contribution is -0.138. The molecule has 1 atom stereocenters. The fraction of sp³-hybridized carbons (Fsp3) is 0.538. The van der Waals surface area contributed by atoms with Gasteiger partial charge in [0.15, 0.2) is 10.7 Å². The quantitative estimate of drug-likeness (QED) is 0.579. The van der Waals surface area contributed by atoms with Gasteiger partial charge in [0.1, 0.15) is 5.69 Å². The molecule has 4 rings (SSSR count). The van der Waals surface area contributed by atoms with Gasteiger partial charge in [-0.25, -0.2) is 8.42 Å². The van der Waals surface area contributed by atoms with Gasteiger partial charge >= 0.3 is 0 Å². The van der Waals surface area contributed by atoms with Crippen LogP contribution in [0.3, 0.4) is 0 Å². The third-order valence-corrected chi connectivity index (χ3v) is 8.92. The highest BCUT2D eigenvalue weighted by atomic mass is 32.2. The lowest BCUT2D eigenvalue weighted by Gasteiger charge is -2.38. The SMILES string of the molecule is CCCN1CCN(C(=O)[C@H]2CCCN(S(=O)(=O)c3c(C)noc3/C=C/c3ccc(C)cc3)C2)CC1. The third-order valence-electron chi connectivity index (χ3n) is 6.89. The van der Waals surface area contributed by atoms with Crippen LogP contribution in [0.5, 0.6) is 0 Å². The Morgan fingerprint density at radius 3 is 2.49 bits per heavy atom. The summed E-state index contributed by atoms with van der Waals surface area (Å²) in [6.07, 6.45) is 5.94. The van der Waals surface area contributed by atoms with Gasteiger partial charge in [-0.3, -0.25) is 9.69 Å². The molecular weight excluding hydrogens is 464 g/mol. The maximum atomic E-state index is 13.7. The summed E-state index contributed by atoms with van der Waals surface area (Å²) < 4.78 is 34.2. The molecule has 1 aromatic carbocycles. The molecule has 2 aliphatic heterocycles. The lowest BCUT2D eigenvalue weighted by atomic mass is 9.98. The summed E-state index contributed by atoms with van der Waals surface area (Å²) in [4.78, 5) is 17.6. The van der Waals surface area contributed by atoms with E-state index in [-0.39, 0.29) is 29.0 Å². The van der Waals surface area contributed by atoms with Crippen LogP contribution in [0, 0.1) is 19.8 Å². The van der Waals surface area contributed by atoms with Crippen molar-refractivity contribution in [1.82, 2.24) is 19.3 Å². The molecule has 1 aromatic heterocycles. The first-order valence-corrected chi connectivity index (χ1v) is 14.0. The third kappa shape index (κ3) is 5.85. The van der Waals surface area contributed by atoms with Crippen LogP contribution < -0.4 is 0 Å². The fourth-order valence-electron chi connectivity index (χ4n) is 4.91. The summed E-state index contributed by atoms with van der Waals surface area (Å²) in [7, 11) is -3.86. The molecule has 0 bridgehead atoms. The van der Waals surface area contributed by atoms with Crippen molar-refractivity contribution in [3.63, 3.8) is 0 Å². The van der Waals surface area contributed by atoms with E-state index in [9.17, 15) is 13.2 Å². The van der Waals surface area contributed by atoms with Crippen molar-refractivity contribution in [3.8, 4) is 0 Å². The number of benzene rings is 1. The maximum absolute atomic E-state index is 13.7. The Hall–Kier alpha value is -2.49. The van der Waals surface area contributed by atoms with Crippen molar-refractivity contribution >= 4 is 28.1 Å². The summed E-state index contributed by atoms with van der Waals surface area (Å²) in [6.45, 7) is 10.6. The van der Waals surface area contributed by atoms with Gasteiger partial charge in [-0.05, 0) is 51.3 Å². The van der Waals surface area contributed by atoms with E-state index in [4.69, 9.17) is 4.52 Å². The Labute approximate surface area is 208 Å². The number of aryl methyl sites for hydroxylation is 2. The van der Waals surface area contributed by atoms with E-state index in [1.165, 1.54) is 4.31 Å². The van der Waals surface area contributed by atoms with E-state index >= 15 is 0 Å². The number of nitrogens with zero attached hydrogens (tertiary/aromatic N) is 4. The van der Waals surface area contributed by atoms with Crippen molar-refractivity contribution in [2.24, 2.45) is 5.92 Å². The minimum atomic E-state index is -3.86. The van der Waals surface area contributed by atoms with Crippen LogP contribution in [-0.4, -0.2) is 79.4 Å². The Balaban J connectivity index is 1.47. The molecule has 0 saturated carbocycles. The summed E-state index contributed by atoms with van der Waals surface area (Å²) in [5.41, 5.74) is 2.42. The Morgan fingerprint density at radius 2 is 1.80 bits per heavy atom. The molecule has 2 fully saturated rings. The summed E-state index contributed by atoms with van der Waals surface area (Å²) in [6, 6.07) is 7.92. The zero-order chi connectivity index (χ0) is 25.0. The summed E-state index contributed by atoms with van der Waals surface area (Å²) in [5, 5.41) is 3.94. The second-order valence-corrected chi connectivity index (χ2v) is 11.4. The van der Waals surface area contributed by atoms with Crippen molar-refractivity contribution < 1.29 is 17.7 Å². The molecule has 35 heavy (non-hydrogen) atoms. The summed E-state index contributed by atoms with van der Waals surface area (Å²) >= 11 is 0. The largest absolute Gasteiger partial charge is 0.355 e. The molecule has 0 spiro atoms. The molecule has 0 N–H and O–H groups in total. The Morgan fingerprint density at radius 1 is 1.09 bits per heavy atom. The highest BCUT2D eigenvalue weighted by Crippen LogP contribution is 2.30. The number of piperidine rings is 1. The first-order chi connectivity index (χ1) is 16.8. The minimum Gasteiger partial charge on any atom is -0.355 e. The normalized spacial score (nSPS) is 20.5. The Kier molecular flexibility index (Phi) is 8.09. The van der Waals surface area contributed by atoms with Crippen molar-refractivity contribution in [3.05, 3.63) is 46.8 Å². The van der Waals surface area contributed by atoms with E-state index < -0.39 is 10.0 Å². The topological polar surface area (TPSA) is 87.0 Å². The first-order valence-electron chi connectivity index (χ1n) is 12.5. The van der Waals surface area contributed by atoms with Gasteiger partial charge < -0.3 is 9.42 Å². The van der Waals surface area contributed by atoms with Gasteiger partial charge in [-0.15, -0.1) is 0 Å². The lowest BCUT2D eigenvalue weighted by Crippen LogP contribution is -2.53. The average Bonchev–Trinajstić information content (AvgIpc) is 3.25. The zero-order valence-corrected chi connectivity index (χ0v) is 21.8. The number of sulfonamides is 1. The van der Waals surface area contributed by atoms with Crippen LogP contribution >= 0.6 is 0 Å². The predicted octanol–water partition coefficient (Wildman–Crippen LogP) is 3.42. The van der Waals surface area contributed by atoms with Crippen LogP contribution in [0.2, 0.25) is 0 Å². The monoisotopic (exact) mass is 500 g/mol. The number of rotatable bonds is 7. The van der Waals surface area contributed by atoms with E-state index in [0.717, 1.165) is 37.2 Å². The molecule has 0 aliphatic carbocycles. The molecule has 190 valence electrons. The standard InChI is InChI=1S/C26H36N4O4S/c1-4-13-28-15-17-29(18-16-28)26(31)23-6-5-14-30(19-23)35(32,33)25-21(3)27-34-24(25)12-11-22-9-7-20(2)8-10-22/h7-12,23H,4-6,13-19H2,1-3H3/b12-11+/t23-/m0/s1. The van der Waals surface area contributed by atoms with E-state index in [1.807, 2.05) is 42.2 Å².